The van der Waals surface area contributed by atoms with Crippen molar-refractivity contribution in [3.05, 3.63) is 82.5 Å². The van der Waals surface area contributed by atoms with Crippen LogP contribution < -0.4 is 10.6 Å². The summed E-state index contributed by atoms with van der Waals surface area (Å²) in [6.07, 6.45) is 0. The molecule has 1 saturated heterocycles. The van der Waals surface area contributed by atoms with Gasteiger partial charge in [0.25, 0.3) is 0 Å². The van der Waals surface area contributed by atoms with Crippen molar-refractivity contribution in [1.29, 1.82) is 0 Å². The molecule has 23 heavy (non-hydrogen) atoms. The van der Waals surface area contributed by atoms with Gasteiger partial charge in [-0.05, 0) is 17.7 Å². The van der Waals surface area contributed by atoms with Crippen molar-refractivity contribution in [3.8, 4) is 0 Å². The number of Topliss-reactive ketones (excluding diaryl/α,β-unsaturated/α-hetero) is 1. The van der Waals surface area contributed by atoms with Gasteiger partial charge in [-0.2, -0.15) is 0 Å². The second-order valence-corrected chi connectivity index (χ2v) is 6.28. The second kappa shape index (κ2) is 6.38. The summed E-state index contributed by atoms with van der Waals surface area (Å²) >= 11 is 3.39. The average molecular weight is 371 g/mol. The molecule has 0 saturated carbocycles. The molecular weight excluding hydrogens is 356 g/mol. The van der Waals surface area contributed by atoms with Gasteiger partial charge in [-0.1, -0.05) is 65.0 Å². The number of carbonyl (C=O) groups excluding carboxylic acids is 2. The van der Waals surface area contributed by atoms with E-state index in [1.165, 1.54) is 0 Å². The molecular formula is C18H15BrN2O2. The molecule has 1 heterocycles. The Morgan fingerprint density at radius 1 is 1.04 bits per heavy atom. The Morgan fingerprint density at radius 3 is 2.35 bits per heavy atom. The highest BCUT2D eigenvalue weighted by Gasteiger charge is 2.37. The Labute approximate surface area is 142 Å². The fraction of sp³-hybridized carbons (Fsp3) is 0.111. The Bertz CT molecular complexity index is 756. The number of halogens is 1. The average Bonchev–Trinajstić information content (AvgIpc) is 2.55. The molecule has 0 unspecified atom stereocenters. The summed E-state index contributed by atoms with van der Waals surface area (Å²) in [7, 11) is 0. The zero-order valence-corrected chi connectivity index (χ0v) is 13.8. The predicted molar refractivity (Wildman–Crippen MR) is 92.0 cm³/mol. The molecule has 5 heteroatoms. The molecule has 116 valence electrons. The van der Waals surface area contributed by atoms with Gasteiger partial charge in [0.15, 0.2) is 5.78 Å². The highest BCUT2D eigenvalue weighted by molar-refractivity contribution is 9.10. The van der Waals surface area contributed by atoms with E-state index in [1.807, 2.05) is 42.5 Å². The minimum absolute atomic E-state index is 0.0731. The van der Waals surface area contributed by atoms with Crippen LogP contribution in [0.4, 0.5) is 4.79 Å². The molecule has 1 aliphatic rings. The van der Waals surface area contributed by atoms with Crippen molar-refractivity contribution in [3.63, 3.8) is 0 Å². The number of urea groups is 1. The van der Waals surface area contributed by atoms with Crippen LogP contribution in [0.2, 0.25) is 0 Å². The van der Waals surface area contributed by atoms with Crippen LogP contribution in [0.15, 0.2) is 71.3 Å². The first-order valence-electron chi connectivity index (χ1n) is 7.17. The summed E-state index contributed by atoms with van der Waals surface area (Å²) in [6, 6.07) is 15.8. The number of hydrogen-bond acceptors (Lipinski definition) is 2. The number of rotatable bonds is 3. The van der Waals surface area contributed by atoms with Gasteiger partial charge in [0.1, 0.15) is 0 Å². The lowest BCUT2D eigenvalue weighted by molar-refractivity contribution is 0.0905. The molecule has 0 bridgehead atoms. The molecule has 1 aliphatic heterocycles. The van der Waals surface area contributed by atoms with Crippen molar-refractivity contribution in [2.45, 2.75) is 6.04 Å². The molecule has 2 amide bonds. The summed E-state index contributed by atoms with van der Waals surface area (Å²) in [4.78, 5) is 24.7. The van der Waals surface area contributed by atoms with Gasteiger partial charge in [-0.25, -0.2) is 4.79 Å². The van der Waals surface area contributed by atoms with Crippen LogP contribution in [0.25, 0.3) is 0 Å². The monoisotopic (exact) mass is 370 g/mol. The first-order valence-corrected chi connectivity index (χ1v) is 7.96. The maximum Gasteiger partial charge on any atom is 0.319 e. The molecule has 0 spiro atoms. The van der Waals surface area contributed by atoms with Crippen LogP contribution in [-0.4, -0.2) is 11.8 Å². The minimum atomic E-state index is -0.559. The van der Waals surface area contributed by atoms with E-state index in [-0.39, 0.29) is 11.8 Å². The summed E-state index contributed by atoms with van der Waals surface area (Å²) in [5.41, 5.74) is 1.87. The van der Waals surface area contributed by atoms with E-state index in [2.05, 4.69) is 33.1 Å². The standard InChI is InChI=1S/C18H15BrN2O2/c1-11-15(17(22)13-5-3-2-4-6-13)16(21-18(23)20-11)12-7-9-14(19)10-8-12/h2-10,15-16H,1H2,(H2,20,21,23)/t15-,16+/m1/s1. The predicted octanol–water partition coefficient (Wildman–Crippen LogP) is 3.82. The second-order valence-electron chi connectivity index (χ2n) is 5.36. The van der Waals surface area contributed by atoms with Crippen molar-refractivity contribution < 1.29 is 9.59 Å². The van der Waals surface area contributed by atoms with Crippen LogP contribution in [0.5, 0.6) is 0 Å². The zero-order chi connectivity index (χ0) is 16.4. The highest BCUT2D eigenvalue weighted by Crippen LogP contribution is 2.32. The Hall–Kier alpha value is -2.40. The molecule has 2 aromatic carbocycles. The molecule has 4 nitrogen and oxygen atoms in total. The molecule has 1 fully saturated rings. The Balaban J connectivity index is 1.99. The van der Waals surface area contributed by atoms with E-state index in [4.69, 9.17) is 0 Å². The first kappa shape index (κ1) is 15.5. The van der Waals surface area contributed by atoms with E-state index < -0.39 is 12.0 Å². The first-order chi connectivity index (χ1) is 11.1. The maximum atomic E-state index is 12.9. The van der Waals surface area contributed by atoms with Gasteiger partial charge in [0.2, 0.25) is 0 Å². The lowest BCUT2D eigenvalue weighted by Gasteiger charge is -2.34. The quantitative estimate of drug-likeness (QED) is 0.806. The van der Waals surface area contributed by atoms with Gasteiger partial charge in [0, 0.05) is 15.7 Å². The summed E-state index contributed by atoms with van der Waals surface area (Å²) in [6.45, 7) is 3.88. The molecule has 0 radical (unpaired) electrons. The van der Waals surface area contributed by atoms with Crippen molar-refractivity contribution in [1.82, 2.24) is 10.6 Å². The Morgan fingerprint density at radius 2 is 1.70 bits per heavy atom. The highest BCUT2D eigenvalue weighted by atomic mass is 79.9. The van der Waals surface area contributed by atoms with Crippen LogP contribution in [0.3, 0.4) is 0 Å². The SMILES string of the molecule is C=C1NC(=O)N[C@@H](c2ccc(Br)cc2)[C@@H]1C(=O)c1ccccc1. The largest absolute Gasteiger partial charge is 0.330 e. The van der Waals surface area contributed by atoms with E-state index in [0.29, 0.717) is 11.3 Å². The van der Waals surface area contributed by atoms with Crippen molar-refractivity contribution in [2.75, 3.05) is 0 Å². The minimum Gasteiger partial charge on any atom is -0.330 e. The van der Waals surface area contributed by atoms with Gasteiger partial charge in [-0.15, -0.1) is 0 Å². The lowest BCUT2D eigenvalue weighted by atomic mass is 9.83. The van der Waals surface area contributed by atoms with Gasteiger partial charge in [-0.3, -0.25) is 4.79 Å². The number of hydrogen-bond donors (Lipinski definition) is 2. The molecule has 3 rings (SSSR count). The van der Waals surface area contributed by atoms with Crippen molar-refractivity contribution >= 4 is 27.7 Å². The summed E-state index contributed by atoms with van der Waals surface area (Å²) < 4.78 is 0.936. The van der Waals surface area contributed by atoms with Gasteiger partial charge >= 0.3 is 6.03 Å². The fourth-order valence-electron chi connectivity index (χ4n) is 2.72. The van der Waals surface area contributed by atoms with Gasteiger partial charge in [0.05, 0.1) is 12.0 Å². The third kappa shape index (κ3) is 3.19. The topological polar surface area (TPSA) is 58.2 Å². The number of nitrogens with one attached hydrogen (secondary N) is 2. The zero-order valence-electron chi connectivity index (χ0n) is 12.3. The lowest BCUT2D eigenvalue weighted by Crippen LogP contribution is -2.50. The van der Waals surface area contributed by atoms with Gasteiger partial charge < -0.3 is 10.6 Å². The van der Waals surface area contributed by atoms with E-state index in [9.17, 15) is 9.59 Å². The molecule has 0 aromatic heterocycles. The van der Waals surface area contributed by atoms with Crippen LogP contribution >= 0.6 is 15.9 Å². The van der Waals surface area contributed by atoms with E-state index in [1.54, 1.807) is 12.1 Å². The molecule has 0 aliphatic carbocycles. The molecule has 2 N–H and O–H groups in total. The van der Waals surface area contributed by atoms with Crippen LogP contribution in [-0.2, 0) is 0 Å². The third-order valence-electron chi connectivity index (χ3n) is 3.84. The fourth-order valence-corrected chi connectivity index (χ4v) is 2.99. The maximum absolute atomic E-state index is 12.9. The number of carbonyl (C=O) groups is 2. The van der Waals surface area contributed by atoms with E-state index in [0.717, 1.165) is 10.0 Å². The van der Waals surface area contributed by atoms with E-state index >= 15 is 0 Å². The molecule has 2 atom stereocenters. The summed E-state index contributed by atoms with van der Waals surface area (Å²) in [5, 5.41) is 5.45. The van der Waals surface area contributed by atoms with Crippen LogP contribution in [0, 0.1) is 5.92 Å². The Kier molecular flexibility index (Phi) is 4.30. The smallest absolute Gasteiger partial charge is 0.319 e. The van der Waals surface area contributed by atoms with Crippen molar-refractivity contribution in [2.24, 2.45) is 5.92 Å². The summed E-state index contributed by atoms with van der Waals surface area (Å²) in [5.74, 6) is -0.632. The number of ketones is 1. The number of amides is 2. The third-order valence-corrected chi connectivity index (χ3v) is 4.37. The van der Waals surface area contributed by atoms with Crippen LogP contribution in [0.1, 0.15) is 22.0 Å². The normalized spacial score (nSPS) is 20.6. The number of benzene rings is 2. The molecule has 2 aromatic rings.